The average Bonchev–Trinajstić information content (AvgIpc) is 2.80. The first kappa shape index (κ1) is 13.1. The van der Waals surface area contributed by atoms with Crippen LogP contribution >= 0.6 is 22.6 Å². The van der Waals surface area contributed by atoms with Gasteiger partial charge >= 0.3 is 0 Å². The summed E-state index contributed by atoms with van der Waals surface area (Å²) in [6, 6.07) is 12.8. The first-order valence-corrected chi connectivity index (χ1v) is 7.19. The fourth-order valence-electron chi connectivity index (χ4n) is 2.09. The molecule has 4 nitrogen and oxygen atoms in total. The van der Waals surface area contributed by atoms with Gasteiger partial charge in [0, 0.05) is 20.5 Å². The molecule has 2 N–H and O–H groups in total. The third kappa shape index (κ3) is 2.67. The molecule has 2 amide bonds. The van der Waals surface area contributed by atoms with E-state index in [2.05, 4.69) is 33.2 Å². The molecule has 2 aromatic rings. The standard InChI is InChI=1S/C15H11IN2O2/c16-11-3-5-12(6-4-11)17-15(20)10-2-1-9-8-14(19)18-13(9)7-10/h1-7H,8H2,(H,17,20)(H,18,19). The van der Waals surface area contributed by atoms with Crippen LogP contribution in [0.4, 0.5) is 11.4 Å². The highest BCUT2D eigenvalue weighted by atomic mass is 127. The van der Waals surface area contributed by atoms with Gasteiger partial charge in [0.25, 0.3) is 5.91 Å². The maximum absolute atomic E-state index is 12.2. The highest BCUT2D eigenvalue weighted by Crippen LogP contribution is 2.24. The molecule has 1 heterocycles. The van der Waals surface area contributed by atoms with E-state index in [1.165, 1.54) is 0 Å². The Hall–Kier alpha value is -1.89. The lowest BCUT2D eigenvalue weighted by Crippen LogP contribution is -2.12. The number of nitrogens with one attached hydrogen (secondary N) is 2. The van der Waals surface area contributed by atoms with Crippen molar-refractivity contribution in [3.8, 4) is 0 Å². The zero-order valence-electron chi connectivity index (χ0n) is 10.4. The maximum atomic E-state index is 12.2. The molecule has 1 aliphatic heterocycles. The number of benzene rings is 2. The molecule has 0 bridgehead atoms. The smallest absolute Gasteiger partial charge is 0.255 e. The zero-order valence-corrected chi connectivity index (χ0v) is 12.6. The molecule has 2 aromatic carbocycles. The van der Waals surface area contributed by atoms with Crippen LogP contribution in [0, 0.1) is 3.57 Å². The van der Waals surface area contributed by atoms with Gasteiger partial charge in [0.2, 0.25) is 5.91 Å². The van der Waals surface area contributed by atoms with Crippen molar-refractivity contribution in [1.82, 2.24) is 0 Å². The quantitative estimate of drug-likeness (QED) is 0.790. The summed E-state index contributed by atoms with van der Waals surface area (Å²) in [6.07, 6.45) is 0.383. The summed E-state index contributed by atoms with van der Waals surface area (Å²) in [4.78, 5) is 23.4. The Kier molecular flexibility index (Phi) is 3.43. The van der Waals surface area contributed by atoms with Gasteiger partial charge in [-0.2, -0.15) is 0 Å². The van der Waals surface area contributed by atoms with Crippen molar-refractivity contribution in [3.05, 3.63) is 57.2 Å². The molecule has 20 heavy (non-hydrogen) atoms. The van der Waals surface area contributed by atoms with Crippen molar-refractivity contribution < 1.29 is 9.59 Å². The predicted molar refractivity (Wildman–Crippen MR) is 85.9 cm³/mol. The molecule has 0 saturated carbocycles. The van der Waals surface area contributed by atoms with Crippen LogP contribution in [0.5, 0.6) is 0 Å². The molecule has 100 valence electrons. The first-order chi connectivity index (χ1) is 9.61. The Balaban J connectivity index is 1.79. The minimum atomic E-state index is -0.185. The molecule has 0 atom stereocenters. The Morgan fingerprint density at radius 3 is 2.65 bits per heavy atom. The van der Waals surface area contributed by atoms with Crippen LogP contribution in [0.25, 0.3) is 0 Å². The molecule has 0 spiro atoms. The number of amides is 2. The van der Waals surface area contributed by atoms with Crippen LogP contribution in [0.2, 0.25) is 0 Å². The van der Waals surface area contributed by atoms with Gasteiger partial charge in [-0.25, -0.2) is 0 Å². The van der Waals surface area contributed by atoms with Gasteiger partial charge in [0.15, 0.2) is 0 Å². The Morgan fingerprint density at radius 1 is 1.15 bits per heavy atom. The van der Waals surface area contributed by atoms with E-state index >= 15 is 0 Å². The Labute approximate surface area is 129 Å². The summed E-state index contributed by atoms with van der Waals surface area (Å²) < 4.78 is 1.11. The lowest BCUT2D eigenvalue weighted by molar-refractivity contribution is -0.115. The van der Waals surface area contributed by atoms with Crippen molar-refractivity contribution in [2.24, 2.45) is 0 Å². The fraction of sp³-hybridized carbons (Fsp3) is 0.0667. The Morgan fingerprint density at radius 2 is 1.90 bits per heavy atom. The van der Waals surface area contributed by atoms with Gasteiger partial charge in [-0.1, -0.05) is 6.07 Å². The third-order valence-corrected chi connectivity index (χ3v) is 3.82. The number of hydrogen-bond acceptors (Lipinski definition) is 2. The lowest BCUT2D eigenvalue weighted by atomic mass is 10.1. The van der Waals surface area contributed by atoms with E-state index in [0.29, 0.717) is 12.0 Å². The Bertz CT molecular complexity index is 696. The summed E-state index contributed by atoms with van der Waals surface area (Å²) >= 11 is 2.21. The molecule has 0 fully saturated rings. The number of halogens is 1. The van der Waals surface area contributed by atoms with Gasteiger partial charge in [-0.3, -0.25) is 9.59 Å². The summed E-state index contributed by atoms with van der Waals surface area (Å²) in [5.41, 5.74) is 2.94. The first-order valence-electron chi connectivity index (χ1n) is 6.11. The molecule has 0 unspecified atom stereocenters. The highest BCUT2D eigenvalue weighted by molar-refractivity contribution is 14.1. The zero-order chi connectivity index (χ0) is 14.1. The molecule has 0 radical (unpaired) electrons. The van der Waals surface area contributed by atoms with Crippen LogP contribution in [0.3, 0.4) is 0 Å². The van der Waals surface area contributed by atoms with Crippen LogP contribution in [-0.2, 0) is 11.2 Å². The van der Waals surface area contributed by atoms with Gasteiger partial charge in [-0.05, 0) is 64.6 Å². The second-order valence-corrected chi connectivity index (χ2v) is 5.80. The minimum absolute atomic E-state index is 0.0322. The van der Waals surface area contributed by atoms with E-state index in [-0.39, 0.29) is 11.8 Å². The number of carbonyl (C=O) groups excluding carboxylic acids is 2. The number of rotatable bonds is 2. The summed E-state index contributed by atoms with van der Waals surface area (Å²) in [5.74, 6) is -0.217. The van der Waals surface area contributed by atoms with Crippen molar-refractivity contribution in [2.75, 3.05) is 10.6 Å². The summed E-state index contributed by atoms with van der Waals surface area (Å²) in [5, 5.41) is 5.58. The van der Waals surface area contributed by atoms with E-state index in [0.717, 1.165) is 20.5 Å². The largest absolute Gasteiger partial charge is 0.326 e. The number of fused-ring (bicyclic) bond motifs is 1. The van der Waals surface area contributed by atoms with E-state index in [1.54, 1.807) is 12.1 Å². The average molecular weight is 378 g/mol. The van der Waals surface area contributed by atoms with Crippen LogP contribution in [-0.4, -0.2) is 11.8 Å². The molecule has 0 aliphatic carbocycles. The fourth-order valence-corrected chi connectivity index (χ4v) is 2.45. The predicted octanol–water partition coefficient (Wildman–Crippen LogP) is 3.04. The van der Waals surface area contributed by atoms with Crippen LogP contribution in [0.1, 0.15) is 15.9 Å². The second-order valence-electron chi connectivity index (χ2n) is 4.56. The van der Waals surface area contributed by atoms with Gasteiger partial charge < -0.3 is 10.6 Å². The van der Waals surface area contributed by atoms with Crippen molar-refractivity contribution >= 4 is 45.8 Å². The lowest BCUT2D eigenvalue weighted by Gasteiger charge is -2.07. The number of hydrogen-bond donors (Lipinski definition) is 2. The van der Waals surface area contributed by atoms with Gasteiger partial charge in [0.1, 0.15) is 0 Å². The monoisotopic (exact) mass is 378 g/mol. The van der Waals surface area contributed by atoms with Crippen LogP contribution in [0.15, 0.2) is 42.5 Å². The van der Waals surface area contributed by atoms with Crippen molar-refractivity contribution in [3.63, 3.8) is 0 Å². The number of carbonyl (C=O) groups is 2. The van der Waals surface area contributed by atoms with Crippen molar-refractivity contribution in [1.29, 1.82) is 0 Å². The maximum Gasteiger partial charge on any atom is 0.255 e. The molecular weight excluding hydrogens is 367 g/mol. The SMILES string of the molecule is O=C1Cc2ccc(C(=O)Nc3ccc(I)cc3)cc2N1. The normalized spacial score (nSPS) is 12.8. The van der Waals surface area contributed by atoms with E-state index in [4.69, 9.17) is 0 Å². The molecule has 0 saturated heterocycles. The molecule has 5 heteroatoms. The van der Waals surface area contributed by atoms with E-state index in [9.17, 15) is 9.59 Å². The minimum Gasteiger partial charge on any atom is -0.326 e. The second kappa shape index (κ2) is 5.24. The molecule has 0 aromatic heterocycles. The van der Waals surface area contributed by atoms with Gasteiger partial charge in [-0.15, -0.1) is 0 Å². The molecule has 3 rings (SSSR count). The van der Waals surface area contributed by atoms with Gasteiger partial charge in [0.05, 0.1) is 6.42 Å². The van der Waals surface area contributed by atoms with E-state index in [1.807, 2.05) is 30.3 Å². The van der Waals surface area contributed by atoms with Crippen molar-refractivity contribution in [2.45, 2.75) is 6.42 Å². The summed E-state index contributed by atoms with van der Waals surface area (Å²) in [7, 11) is 0. The molecule has 1 aliphatic rings. The summed E-state index contributed by atoms with van der Waals surface area (Å²) in [6.45, 7) is 0. The topological polar surface area (TPSA) is 58.2 Å². The van der Waals surface area contributed by atoms with Crippen LogP contribution < -0.4 is 10.6 Å². The third-order valence-electron chi connectivity index (χ3n) is 3.10. The number of anilines is 2. The molecular formula is C15H11IN2O2. The highest BCUT2D eigenvalue weighted by Gasteiger charge is 2.19. The van der Waals surface area contributed by atoms with E-state index < -0.39 is 0 Å².